The van der Waals surface area contributed by atoms with Gasteiger partial charge in [0.15, 0.2) is 0 Å². The lowest BCUT2D eigenvalue weighted by atomic mass is 9.82. The second-order valence-electron chi connectivity index (χ2n) is 7.02. The number of phenols is 1. The summed E-state index contributed by atoms with van der Waals surface area (Å²) in [5, 5.41) is 12.8. The summed E-state index contributed by atoms with van der Waals surface area (Å²) in [4.78, 5) is 12.9. The predicted molar refractivity (Wildman–Crippen MR) is 96.0 cm³/mol. The molecule has 2 atom stereocenters. The molecule has 1 heterocycles. The maximum atomic E-state index is 12.9. The maximum Gasteiger partial charge on any atom is 0.228 e. The molecule has 130 valence electrons. The van der Waals surface area contributed by atoms with Gasteiger partial charge in [-0.2, -0.15) is 0 Å². The lowest BCUT2D eigenvalue weighted by Gasteiger charge is -2.26. The van der Waals surface area contributed by atoms with Crippen molar-refractivity contribution in [1.82, 2.24) is 5.32 Å². The lowest BCUT2D eigenvalue weighted by molar-refractivity contribution is -0.123. The fourth-order valence-corrected chi connectivity index (χ4v) is 3.95. The summed E-state index contributed by atoms with van der Waals surface area (Å²) in [6.07, 6.45) is 3.69. The number of carbonyl (C=O) groups is 1. The zero-order chi connectivity index (χ0) is 17.4. The van der Waals surface area contributed by atoms with E-state index < -0.39 is 0 Å². The minimum atomic E-state index is -0.135. The molecule has 0 aromatic heterocycles. The van der Waals surface area contributed by atoms with E-state index in [9.17, 15) is 9.90 Å². The van der Waals surface area contributed by atoms with Gasteiger partial charge in [0.25, 0.3) is 0 Å². The molecular formula is C21H23NO3. The summed E-state index contributed by atoms with van der Waals surface area (Å²) in [6, 6.07) is 11.5. The third kappa shape index (κ3) is 3.09. The standard InChI is InChI=1S/C21H23NO3/c1-13(14-5-8-20-16(11-14)9-10-25-20)22-21(24)19-4-2-3-15-12-17(23)6-7-18(15)19/h5-8,11-13,19,23H,2-4,9-10H2,1H3,(H,22,24)/t13-,19?/m0/s1. The first-order valence-corrected chi connectivity index (χ1v) is 8.99. The van der Waals surface area contributed by atoms with Gasteiger partial charge in [-0.05, 0) is 72.7 Å². The highest BCUT2D eigenvalue weighted by Gasteiger charge is 2.28. The van der Waals surface area contributed by atoms with E-state index in [-0.39, 0.29) is 23.6 Å². The highest BCUT2D eigenvalue weighted by atomic mass is 16.5. The lowest BCUT2D eigenvalue weighted by Crippen LogP contribution is -2.33. The first kappa shape index (κ1) is 16.0. The number of nitrogens with one attached hydrogen (secondary N) is 1. The average molecular weight is 337 g/mol. The van der Waals surface area contributed by atoms with Crippen molar-refractivity contribution < 1.29 is 14.6 Å². The predicted octanol–water partition coefficient (Wildman–Crippen LogP) is 3.62. The van der Waals surface area contributed by atoms with E-state index in [1.807, 2.05) is 25.1 Å². The van der Waals surface area contributed by atoms with Crippen molar-refractivity contribution in [2.24, 2.45) is 0 Å². The minimum Gasteiger partial charge on any atom is -0.508 e. The third-order valence-electron chi connectivity index (χ3n) is 5.33. The van der Waals surface area contributed by atoms with Crippen molar-refractivity contribution in [3.8, 4) is 11.5 Å². The number of rotatable bonds is 3. The van der Waals surface area contributed by atoms with Crippen LogP contribution in [0.2, 0.25) is 0 Å². The van der Waals surface area contributed by atoms with Crippen molar-refractivity contribution in [3.05, 3.63) is 58.7 Å². The number of hydrogen-bond acceptors (Lipinski definition) is 3. The Balaban J connectivity index is 1.51. The SMILES string of the molecule is C[C@H](NC(=O)C1CCCc2cc(O)ccc21)c1ccc2c(c1)CCO2. The van der Waals surface area contributed by atoms with Crippen LogP contribution in [-0.2, 0) is 17.6 Å². The Kier molecular flexibility index (Phi) is 4.12. The van der Waals surface area contributed by atoms with Gasteiger partial charge in [0.1, 0.15) is 11.5 Å². The minimum absolute atomic E-state index is 0.0408. The zero-order valence-electron chi connectivity index (χ0n) is 14.4. The fraction of sp³-hybridized carbons (Fsp3) is 0.381. The van der Waals surface area contributed by atoms with Gasteiger partial charge >= 0.3 is 0 Å². The molecule has 2 N–H and O–H groups in total. The van der Waals surface area contributed by atoms with Crippen LogP contribution < -0.4 is 10.1 Å². The molecule has 0 saturated carbocycles. The molecule has 1 aliphatic carbocycles. The number of aromatic hydroxyl groups is 1. The number of ether oxygens (including phenoxy) is 1. The molecule has 0 radical (unpaired) electrons. The highest BCUT2D eigenvalue weighted by molar-refractivity contribution is 5.84. The summed E-state index contributed by atoms with van der Waals surface area (Å²) in [7, 11) is 0. The topological polar surface area (TPSA) is 58.6 Å². The molecule has 1 amide bonds. The first-order chi connectivity index (χ1) is 12.1. The van der Waals surface area contributed by atoms with Crippen molar-refractivity contribution >= 4 is 5.91 Å². The average Bonchev–Trinajstić information content (AvgIpc) is 3.08. The van der Waals surface area contributed by atoms with Crippen LogP contribution in [0, 0.1) is 0 Å². The van der Waals surface area contributed by atoms with Gasteiger partial charge in [-0.3, -0.25) is 4.79 Å². The van der Waals surface area contributed by atoms with E-state index in [4.69, 9.17) is 4.74 Å². The van der Waals surface area contributed by atoms with Crippen LogP contribution in [0.5, 0.6) is 11.5 Å². The number of benzene rings is 2. The molecule has 4 heteroatoms. The molecule has 0 spiro atoms. The van der Waals surface area contributed by atoms with Gasteiger partial charge in [0.05, 0.1) is 18.6 Å². The molecule has 2 aromatic rings. The molecule has 4 rings (SSSR count). The number of hydrogen-bond donors (Lipinski definition) is 2. The number of carbonyl (C=O) groups excluding carboxylic acids is 1. The molecule has 1 aliphatic heterocycles. The normalized spacial score (nSPS) is 19.5. The Morgan fingerprint density at radius 3 is 2.96 bits per heavy atom. The Morgan fingerprint density at radius 1 is 1.20 bits per heavy atom. The van der Waals surface area contributed by atoms with Crippen LogP contribution >= 0.6 is 0 Å². The monoisotopic (exact) mass is 337 g/mol. The zero-order valence-corrected chi connectivity index (χ0v) is 14.4. The Bertz CT molecular complexity index is 815. The maximum absolute atomic E-state index is 12.9. The molecule has 0 saturated heterocycles. The van der Waals surface area contributed by atoms with Crippen LogP contribution in [0.25, 0.3) is 0 Å². The van der Waals surface area contributed by atoms with E-state index in [0.717, 1.165) is 54.7 Å². The van der Waals surface area contributed by atoms with E-state index in [0.29, 0.717) is 0 Å². The van der Waals surface area contributed by atoms with Crippen molar-refractivity contribution in [2.75, 3.05) is 6.61 Å². The van der Waals surface area contributed by atoms with Crippen LogP contribution in [0.4, 0.5) is 0 Å². The quantitative estimate of drug-likeness (QED) is 0.899. The first-order valence-electron chi connectivity index (χ1n) is 8.99. The second kappa shape index (κ2) is 6.43. The molecule has 4 nitrogen and oxygen atoms in total. The third-order valence-corrected chi connectivity index (χ3v) is 5.33. The summed E-state index contributed by atoms with van der Waals surface area (Å²) >= 11 is 0. The second-order valence-corrected chi connectivity index (χ2v) is 7.02. The van der Waals surface area contributed by atoms with Crippen LogP contribution in [-0.4, -0.2) is 17.6 Å². The van der Waals surface area contributed by atoms with E-state index >= 15 is 0 Å². The summed E-state index contributed by atoms with van der Waals surface area (Å²) in [5.74, 6) is 1.16. The van der Waals surface area contributed by atoms with E-state index in [1.165, 1.54) is 5.56 Å². The smallest absolute Gasteiger partial charge is 0.228 e. The highest BCUT2D eigenvalue weighted by Crippen LogP contribution is 2.34. The van der Waals surface area contributed by atoms with E-state index in [1.54, 1.807) is 12.1 Å². The fourth-order valence-electron chi connectivity index (χ4n) is 3.95. The van der Waals surface area contributed by atoms with Gasteiger partial charge in [0, 0.05) is 6.42 Å². The van der Waals surface area contributed by atoms with E-state index in [2.05, 4.69) is 11.4 Å². The molecule has 0 bridgehead atoms. The van der Waals surface area contributed by atoms with Crippen LogP contribution in [0.3, 0.4) is 0 Å². The van der Waals surface area contributed by atoms with Gasteiger partial charge in [-0.15, -0.1) is 0 Å². The number of amides is 1. The number of fused-ring (bicyclic) bond motifs is 2. The van der Waals surface area contributed by atoms with Gasteiger partial charge in [-0.25, -0.2) is 0 Å². The molecule has 0 fully saturated rings. The summed E-state index contributed by atoms with van der Waals surface area (Å²) < 4.78 is 5.55. The molecule has 1 unspecified atom stereocenters. The number of aryl methyl sites for hydroxylation is 1. The molecule has 25 heavy (non-hydrogen) atoms. The van der Waals surface area contributed by atoms with Gasteiger partial charge in [0.2, 0.25) is 5.91 Å². The Morgan fingerprint density at radius 2 is 2.08 bits per heavy atom. The van der Waals surface area contributed by atoms with Gasteiger partial charge in [-0.1, -0.05) is 12.1 Å². The molecular weight excluding hydrogens is 314 g/mol. The van der Waals surface area contributed by atoms with Crippen molar-refractivity contribution in [1.29, 1.82) is 0 Å². The van der Waals surface area contributed by atoms with Crippen LogP contribution in [0.15, 0.2) is 36.4 Å². The molecule has 2 aliphatic rings. The van der Waals surface area contributed by atoms with Crippen molar-refractivity contribution in [2.45, 2.75) is 44.6 Å². The summed E-state index contributed by atoms with van der Waals surface area (Å²) in [6.45, 7) is 2.77. The van der Waals surface area contributed by atoms with Crippen molar-refractivity contribution in [3.63, 3.8) is 0 Å². The number of phenolic OH excluding ortho intramolecular Hbond substituents is 1. The van der Waals surface area contributed by atoms with Crippen LogP contribution in [0.1, 0.15) is 54.0 Å². The molecule has 2 aromatic carbocycles. The Hall–Kier alpha value is -2.49. The Labute approximate surface area is 147 Å². The largest absolute Gasteiger partial charge is 0.508 e. The van der Waals surface area contributed by atoms with Gasteiger partial charge < -0.3 is 15.2 Å². The summed E-state index contributed by atoms with van der Waals surface area (Å²) in [5.41, 5.74) is 4.47.